The lowest BCUT2D eigenvalue weighted by atomic mass is 9.89. The normalized spacial score (nSPS) is 11.1. The molecule has 1 aromatic rings. The number of rotatable bonds is 7. The van der Waals surface area contributed by atoms with Gasteiger partial charge in [-0.1, -0.05) is 13.8 Å². The zero-order valence-electron chi connectivity index (χ0n) is 12.7. The zero-order chi connectivity index (χ0) is 15.2. The molecule has 5 nitrogen and oxygen atoms in total. The van der Waals surface area contributed by atoms with Crippen LogP contribution in [0.4, 0.5) is 0 Å². The molecule has 0 atom stereocenters. The Kier molecular flexibility index (Phi) is 5.82. The van der Waals surface area contributed by atoms with Crippen molar-refractivity contribution in [3.05, 3.63) is 23.8 Å². The molecule has 1 rings (SSSR count). The van der Waals surface area contributed by atoms with Gasteiger partial charge in [0, 0.05) is 12.1 Å². The molecule has 0 aliphatic rings. The minimum Gasteiger partial charge on any atom is -0.493 e. The van der Waals surface area contributed by atoms with E-state index < -0.39 is 0 Å². The van der Waals surface area contributed by atoms with E-state index in [2.05, 4.69) is 19.2 Å². The van der Waals surface area contributed by atoms with Crippen molar-refractivity contribution in [3.8, 4) is 11.5 Å². The fraction of sp³-hybridized carbons (Fsp3) is 0.533. The number of hydrogen-bond donors (Lipinski definition) is 2. The van der Waals surface area contributed by atoms with Crippen molar-refractivity contribution in [2.75, 3.05) is 27.3 Å². The molecule has 0 aliphatic carbocycles. The van der Waals surface area contributed by atoms with Gasteiger partial charge in [0.15, 0.2) is 11.5 Å². The first-order chi connectivity index (χ1) is 9.43. The van der Waals surface area contributed by atoms with Crippen LogP contribution in [0.5, 0.6) is 11.5 Å². The summed E-state index contributed by atoms with van der Waals surface area (Å²) in [6.45, 7) is 5.35. The maximum Gasteiger partial charge on any atom is 0.251 e. The van der Waals surface area contributed by atoms with E-state index in [1.54, 1.807) is 32.4 Å². The molecule has 1 amide bonds. The molecule has 0 heterocycles. The minimum absolute atomic E-state index is 0.0129. The molecular weight excluding hydrogens is 256 g/mol. The third-order valence-electron chi connectivity index (χ3n) is 3.19. The number of nitrogens with two attached hydrogens (primary N) is 1. The molecule has 0 aromatic heterocycles. The number of nitrogens with one attached hydrogen (secondary N) is 1. The highest BCUT2D eigenvalue weighted by Crippen LogP contribution is 2.27. The van der Waals surface area contributed by atoms with Gasteiger partial charge in [-0.25, -0.2) is 0 Å². The number of carbonyl (C=O) groups is 1. The SMILES string of the molecule is COc1ccc(C(=O)NCC(C)(C)CCN)cc1OC. The van der Waals surface area contributed by atoms with Gasteiger partial charge in [-0.05, 0) is 36.6 Å². The molecule has 0 radical (unpaired) electrons. The molecule has 112 valence electrons. The smallest absolute Gasteiger partial charge is 0.251 e. The first-order valence-corrected chi connectivity index (χ1v) is 6.64. The van der Waals surface area contributed by atoms with E-state index in [0.29, 0.717) is 30.2 Å². The number of ether oxygens (including phenoxy) is 2. The summed E-state index contributed by atoms with van der Waals surface area (Å²) in [5, 5.41) is 2.92. The second-order valence-corrected chi connectivity index (χ2v) is 5.46. The molecular formula is C15H24N2O3. The van der Waals surface area contributed by atoms with Gasteiger partial charge < -0.3 is 20.5 Å². The highest BCUT2D eigenvalue weighted by molar-refractivity contribution is 5.94. The number of carbonyl (C=O) groups excluding carboxylic acids is 1. The molecule has 0 aliphatic heterocycles. The standard InChI is InChI=1S/C15H24N2O3/c1-15(2,7-8-16)10-17-14(18)11-5-6-12(19-3)13(9-11)20-4/h5-6,9H,7-8,10,16H2,1-4H3,(H,17,18). The van der Waals surface area contributed by atoms with Crippen molar-refractivity contribution < 1.29 is 14.3 Å². The Balaban J connectivity index is 2.73. The summed E-state index contributed by atoms with van der Waals surface area (Å²) in [7, 11) is 3.11. The Bertz CT molecular complexity index is 458. The van der Waals surface area contributed by atoms with Crippen LogP contribution in [0.25, 0.3) is 0 Å². The van der Waals surface area contributed by atoms with Crippen LogP contribution in [-0.4, -0.2) is 33.2 Å². The Morgan fingerprint density at radius 1 is 1.25 bits per heavy atom. The minimum atomic E-state index is -0.129. The van der Waals surface area contributed by atoms with Crippen LogP contribution in [-0.2, 0) is 0 Å². The fourth-order valence-corrected chi connectivity index (χ4v) is 1.88. The number of hydrogen-bond acceptors (Lipinski definition) is 4. The summed E-state index contributed by atoms with van der Waals surface area (Å²) >= 11 is 0. The Morgan fingerprint density at radius 2 is 1.90 bits per heavy atom. The summed E-state index contributed by atoms with van der Waals surface area (Å²) in [4.78, 5) is 12.1. The van der Waals surface area contributed by atoms with Crippen molar-refractivity contribution in [1.29, 1.82) is 0 Å². The molecule has 0 saturated heterocycles. The number of amides is 1. The molecule has 20 heavy (non-hydrogen) atoms. The average Bonchev–Trinajstić information content (AvgIpc) is 2.44. The monoisotopic (exact) mass is 280 g/mol. The van der Waals surface area contributed by atoms with E-state index in [4.69, 9.17) is 15.2 Å². The number of benzene rings is 1. The highest BCUT2D eigenvalue weighted by atomic mass is 16.5. The second-order valence-electron chi connectivity index (χ2n) is 5.46. The third-order valence-corrected chi connectivity index (χ3v) is 3.19. The molecule has 5 heteroatoms. The van der Waals surface area contributed by atoms with E-state index in [0.717, 1.165) is 6.42 Å². The topological polar surface area (TPSA) is 73.6 Å². The Morgan fingerprint density at radius 3 is 2.45 bits per heavy atom. The first-order valence-electron chi connectivity index (χ1n) is 6.64. The quantitative estimate of drug-likeness (QED) is 0.799. The maximum atomic E-state index is 12.1. The van der Waals surface area contributed by atoms with Gasteiger partial charge in [0.25, 0.3) is 5.91 Å². The van der Waals surface area contributed by atoms with Crippen LogP contribution in [0.3, 0.4) is 0 Å². The predicted molar refractivity (Wildman–Crippen MR) is 79.3 cm³/mol. The molecule has 0 spiro atoms. The molecule has 3 N–H and O–H groups in total. The lowest BCUT2D eigenvalue weighted by molar-refractivity contribution is 0.0934. The van der Waals surface area contributed by atoms with E-state index in [-0.39, 0.29) is 11.3 Å². The molecule has 1 aromatic carbocycles. The summed E-state index contributed by atoms with van der Waals surface area (Å²) < 4.78 is 10.3. The van der Waals surface area contributed by atoms with Gasteiger partial charge in [-0.2, -0.15) is 0 Å². The van der Waals surface area contributed by atoms with Crippen LogP contribution in [0, 0.1) is 5.41 Å². The van der Waals surface area contributed by atoms with Crippen molar-refractivity contribution in [1.82, 2.24) is 5.32 Å². The molecule has 0 unspecified atom stereocenters. The summed E-state index contributed by atoms with van der Waals surface area (Å²) in [6.07, 6.45) is 0.860. The Labute approximate surface area is 120 Å². The van der Waals surface area contributed by atoms with E-state index in [9.17, 15) is 4.79 Å². The van der Waals surface area contributed by atoms with Crippen LogP contribution in [0.15, 0.2) is 18.2 Å². The van der Waals surface area contributed by atoms with Crippen LogP contribution < -0.4 is 20.5 Å². The average molecular weight is 280 g/mol. The van der Waals surface area contributed by atoms with E-state index in [1.807, 2.05) is 0 Å². The van der Waals surface area contributed by atoms with E-state index >= 15 is 0 Å². The highest BCUT2D eigenvalue weighted by Gasteiger charge is 2.18. The van der Waals surface area contributed by atoms with Crippen molar-refractivity contribution in [2.24, 2.45) is 11.1 Å². The zero-order valence-corrected chi connectivity index (χ0v) is 12.7. The van der Waals surface area contributed by atoms with Crippen LogP contribution in [0.2, 0.25) is 0 Å². The molecule has 0 fully saturated rings. The van der Waals surface area contributed by atoms with Crippen LogP contribution >= 0.6 is 0 Å². The van der Waals surface area contributed by atoms with Crippen molar-refractivity contribution >= 4 is 5.91 Å². The molecule has 0 saturated carbocycles. The van der Waals surface area contributed by atoms with Gasteiger partial charge in [0.1, 0.15) is 0 Å². The van der Waals surface area contributed by atoms with E-state index in [1.165, 1.54) is 0 Å². The maximum absolute atomic E-state index is 12.1. The summed E-state index contributed by atoms with van der Waals surface area (Å²) in [6, 6.07) is 5.11. The number of methoxy groups -OCH3 is 2. The lowest BCUT2D eigenvalue weighted by Crippen LogP contribution is -2.35. The van der Waals surface area contributed by atoms with Gasteiger partial charge in [0.05, 0.1) is 14.2 Å². The van der Waals surface area contributed by atoms with Gasteiger partial charge in [0.2, 0.25) is 0 Å². The van der Waals surface area contributed by atoms with Gasteiger partial charge >= 0.3 is 0 Å². The summed E-state index contributed by atoms with van der Waals surface area (Å²) in [5.41, 5.74) is 6.09. The van der Waals surface area contributed by atoms with Crippen molar-refractivity contribution in [3.63, 3.8) is 0 Å². The Hall–Kier alpha value is -1.75. The fourth-order valence-electron chi connectivity index (χ4n) is 1.88. The summed E-state index contributed by atoms with van der Waals surface area (Å²) in [5.74, 6) is 1.02. The largest absolute Gasteiger partial charge is 0.493 e. The predicted octanol–water partition coefficient (Wildman–Crippen LogP) is 1.81. The first kappa shape index (κ1) is 16.3. The lowest BCUT2D eigenvalue weighted by Gasteiger charge is -2.24. The van der Waals surface area contributed by atoms with Crippen LogP contribution in [0.1, 0.15) is 30.6 Å². The second kappa shape index (κ2) is 7.14. The van der Waals surface area contributed by atoms with Gasteiger partial charge in [-0.15, -0.1) is 0 Å². The molecule has 0 bridgehead atoms. The van der Waals surface area contributed by atoms with Crippen molar-refractivity contribution in [2.45, 2.75) is 20.3 Å². The third kappa shape index (κ3) is 4.42. The van der Waals surface area contributed by atoms with Gasteiger partial charge in [-0.3, -0.25) is 4.79 Å².